The SMILES string of the molecule is CC1(c2cc(CC(=O)O)ccc2O)CCCCC1. The van der Waals surface area contributed by atoms with Gasteiger partial charge in [0.15, 0.2) is 0 Å². The Morgan fingerprint density at radius 3 is 2.56 bits per heavy atom. The van der Waals surface area contributed by atoms with Crippen molar-refractivity contribution in [2.24, 2.45) is 0 Å². The van der Waals surface area contributed by atoms with Crippen LogP contribution in [0.2, 0.25) is 0 Å². The van der Waals surface area contributed by atoms with Crippen LogP contribution < -0.4 is 0 Å². The zero-order valence-electron chi connectivity index (χ0n) is 10.8. The van der Waals surface area contributed by atoms with Crippen LogP contribution in [0.15, 0.2) is 18.2 Å². The van der Waals surface area contributed by atoms with Crippen molar-refractivity contribution >= 4 is 5.97 Å². The Morgan fingerprint density at radius 2 is 1.94 bits per heavy atom. The zero-order chi connectivity index (χ0) is 13.2. The van der Waals surface area contributed by atoms with Gasteiger partial charge in [0.25, 0.3) is 0 Å². The third-order valence-corrected chi connectivity index (χ3v) is 4.02. The van der Waals surface area contributed by atoms with Gasteiger partial charge >= 0.3 is 5.97 Å². The Balaban J connectivity index is 2.33. The average Bonchev–Trinajstić information content (AvgIpc) is 2.32. The van der Waals surface area contributed by atoms with E-state index < -0.39 is 5.97 Å². The van der Waals surface area contributed by atoms with Crippen molar-refractivity contribution in [3.8, 4) is 5.75 Å². The van der Waals surface area contributed by atoms with Crippen LogP contribution in [0.3, 0.4) is 0 Å². The number of rotatable bonds is 3. The minimum atomic E-state index is -0.833. The molecular formula is C15H20O3. The molecule has 0 spiro atoms. The molecule has 1 saturated carbocycles. The highest BCUT2D eigenvalue weighted by Gasteiger charge is 2.31. The zero-order valence-corrected chi connectivity index (χ0v) is 10.8. The van der Waals surface area contributed by atoms with Crippen molar-refractivity contribution in [2.45, 2.75) is 50.9 Å². The highest BCUT2D eigenvalue weighted by Crippen LogP contribution is 2.42. The van der Waals surface area contributed by atoms with Crippen LogP contribution in [0.1, 0.15) is 50.2 Å². The summed E-state index contributed by atoms with van der Waals surface area (Å²) in [7, 11) is 0. The third-order valence-electron chi connectivity index (χ3n) is 4.02. The normalized spacial score (nSPS) is 18.5. The highest BCUT2D eigenvalue weighted by molar-refractivity contribution is 5.70. The predicted molar refractivity (Wildman–Crippen MR) is 69.9 cm³/mol. The molecule has 1 aliphatic rings. The van der Waals surface area contributed by atoms with Crippen LogP contribution in [0, 0.1) is 0 Å². The van der Waals surface area contributed by atoms with E-state index in [-0.39, 0.29) is 11.8 Å². The molecule has 3 nitrogen and oxygen atoms in total. The standard InChI is InChI=1S/C15H20O3/c1-15(7-3-2-4-8-15)12-9-11(10-14(17)18)5-6-13(12)16/h5-6,9,16H,2-4,7-8,10H2,1H3,(H,17,18). The number of benzene rings is 1. The summed E-state index contributed by atoms with van der Waals surface area (Å²) in [5.41, 5.74) is 1.68. The van der Waals surface area contributed by atoms with Crippen molar-refractivity contribution in [1.29, 1.82) is 0 Å². The lowest BCUT2D eigenvalue weighted by Crippen LogP contribution is -2.25. The van der Waals surface area contributed by atoms with Gasteiger partial charge in [-0.25, -0.2) is 0 Å². The number of carbonyl (C=O) groups is 1. The van der Waals surface area contributed by atoms with Gasteiger partial charge in [0.05, 0.1) is 6.42 Å². The second-order valence-corrected chi connectivity index (χ2v) is 5.54. The molecule has 0 atom stereocenters. The fourth-order valence-corrected chi connectivity index (χ4v) is 2.95. The van der Waals surface area contributed by atoms with Crippen LogP contribution in [0.4, 0.5) is 0 Å². The van der Waals surface area contributed by atoms with Gasteiger partial charge < -0.3 is 10.2 Å². The largest absolute Gasteiger partial charge is 0.508 e. The van der Waals surface area contributed by atoms with E-state index in [0.717, 1.165) is 24.0 Å². The molecule has 0 aliphatic heterocycles. The molecule has 2 rings (SSSR count). The van der Waals surface area contributed by atoms with E-state index in [9.17, 15) is 9.90 Å². The first kappa shape index (κ1) is 12.9. The van der Waals surface area contributed by atoms with Crippen LogP contribution >= 0.6 is 0 Å². The van der Waals surface area contributed by atoms with E-state index >= 15 is 0 Å². The first-order chi connectivity index (χ1) is 8.51. The Kier molecular flexibility index (Phi) is 3.60. The molecule has 0 radical (unpaired) electrons. The van der Waals surface area contributed by atoms with Crippen LogP contribution in [0.5, 0.6) is 5.75 Å². The fourth-order valence-electron chi connectivity index (χ4n) is 2.95. The Labute approximate surface area is 107 Å². The summed E-state index contributed by atoms with van der Waals surface area (Å²) in [5, 5.41) is 18.9. The lowest BCUT2D eigenvalue weighted by Gasteiger charge is -2.34. The van der Waals surface area contributed by atoms with Gasteiger partial charge in [0, 0.05) is 5.56 Å². The van der Waals surface area contributed by atoms with Gasteiger partial charge in [-0.2, -0.15) is 0 Å². The lowest BCUT2D eigenvalue weighted by atomic mass is 9.70. The Morgan fingerprint density at radius 1 is 1.28 bits per heavy atom. The molecule has 1 aliphatic carbocycles. The number of phenols is 1. The molecule has 0 heterocycles. The maximum atomic E-state index is 10.8. The Bertz CT molecular complexity index is 445. The second kappa shape index (κ2) is 5.01. The summed E-state index contributed by atoms with van der Waals surface area (Å²) in [6, 6.07) is 5.20. The van der Waals surface area contributed by atoms with E-state index in [2.05, 4.69) is 6.92 Å². The summed E-state index contributed by atoms with van der Waals surface area (Å²) in [6.07, 6.45) is 5.76. The Hall–Kier alpha value is -1.51. The number of carboxylic acids is 1. The summed E-state index contributed by atoms with van der Waals surface area (Å²) in [4.78, 5) is 10.8. The molecule has 1 aromatic rings. The number of hydrogen-bond donors (Lipinski definition) is 2. The summed E-state index contributed by atoms with van der Waals surface area (Å²) >= 11 is 0. The number of hydrogen-bond acceptors (Lipinski definition) is 2. The van der Waals surface area contributed by atoms with Gasteiger partial charge in [0.2, 0.25) is 0 Å². The molecule has 0 saturated heterocycles. The second-order valence-electron chi connectivity index (χ2n) is 5.54. The van der Waals surface area contributed by atoms with Gasteiger partial charge in [-0.1, -0.05) is 38.3 Å². The van der Waals surface area contributed by atoms with E-state index in [4.69, 9.17) is 5.11 Å². The van der Waals surface area contributed by atoms with E-state index in [1.54, 1.807) is 12.1 Å². The molecule has 2 N–H and O–H groups in total. The van der Waals surface area contributed by atoms with Crippen molar-refractivity contribution in [3.05, 3.63) is 29.3 Å². The van der Waals surface area contributed by atoms with Gasteiger partial charge in [-0.15, -0.1) is 0 Å². The quantitative estimate of drug-likeness (QED) is 0.863. The van der Waals surface area contributed by atoms with Crippen LogP contribution in [-0.4, -0.2) is 16.2 Å². The fraction of sp³-hybridized carbons (Fsp3) is 0.533. The third kappa shape index (κ3) is 2.66. The molecule has 0 unspecified atom stereocenters. The summed E-state index contributed by atoms with van der Waals surface area (Å²) in [5.74, 6) is -0.533. The number of aromatic hydroxyl groups is 1. The molecule has 0 aromatic heterocycles. The molecule has 0 amide bonds. The molecule has 1 aromatic carbocycles. The summed E-state index contributed by atoms with van der Waals surface area (Å²) < 4.78 is 0. The van der Waals surface area contributed by atoms with Crippen molar-refractivity contribution in [1.82, 2.24) is 0 Å². The first-order valence-electron chi connectivity index (χ1n) is 6.55. The average molecular weight is 248 g/mol. The van der Waals surface area contributed by atoms with Crippen molar-refractivity contribution in [2.75, 3.05) is 0 Å². The van der Waals surface area contributed by atoms with E-state index in [1.807, 2.05) is 6.07 Å². The van der Waals surface area contributed by atoms with Gasteiger partial charge in [0.1, 0.15) is 5.75 Å². The molecule has 1 fully saturated rings. The number of carboxylic acid groups (broad SMARTS) is 1. The van der Waals surface area contributed by atoms with E-state index in [1.165, 1.54) is 19.3 Å². The maximum Gasteiger partial charge on any atom is 0.307 e. The lowest BCUT2D eigenvalue weighted by molar-refractivity contribution is -0.136. The minimum Gasteiger partial charge on any atom is -0.508 e. The first-order valence-corrected chi connectivity index (χ1v) is 6.55. The minimum absolute atomic E-state index is 0.00313. The van der Waals surface area contributed by atoms with Gasteiger partial charge in [-0.05, 0) is 29.9 Å². The van der Waals surface area contributed by atoms with Crippen molar-refractivity contribution < 1.29 is 15.0 Å². The van der Waals surface area contributed by atoms with Crippen LogP contribution in [-0.2, 0) is 16.6 Å². The number of phenolic OH excluding ortho intramolecular Hbond substituents is 1. The molecule has 0 bridgehead atoms. The highest BCUT2D eigenvalue weighted by atomic mass is 16.4. The maximum absolute atomic E-state index is 10.8. The molecular weight excluding hydrogens is 228 g/mol. The summed E-state index contributed by atoms with van der Waals surface area (Å²) in [6.45, 7) is 2.17. The van der Waals surface area contributed by atoms with Gasteiger partial charge in [-0.3, -0.25) is 4.79 Å². The van der Waals surface area contributed by atoms with Crippen LogP contribution in [0.25, 0.3) is 0 Å². The number of aliphatic carboxylic acids is 1. The molecule has 3 heteroatoms. The van der Waals surface area contributed by atoms with E-state index in [0.29, 0.717) is 5.75 Å². The monoisotopic (exact) mass is 248 g/mol. The predicted octanol–water partition coefficient (Wildman–Crippen LogP) is 3.24. The van der Waals surface area contributed by atoms with Crippen molar-refractivity contribution in [3.63, 3.8) is 0 Å². The molecule has 18 heavy (non-hydrogen) atoms. The molecule has 98 valence electrons. The topological polar surface area (TPSA) is 57.5 Å². The smallest absolute Gasteiger partial charge is 0.307 e.